The van der Waals surface area contributed by atoms with Crippen LogP contribution in [0.1, 0.15) is 30.4 Å². The van der Waals surface area contributed by atoms with Gasteiger partial charge in [0, 0.05) is 39.3 Å². The van der Waals surface area contributed by atoms with Gasteiger partial charge in [0.1, 0.15) is 6.10 Å². The number of carbonyl (C=O) groups excluding carboxylic acids is 1. The quantitative estimate of drug-likeness (QED) is 0.612. The molecule has 1 unspecified atom stereocenters. The van der Waals surface area contributed by atoms with Gasteiger partial charge in [0.05, 0.1) is 11.6 Å². The summed E-state index contributed by atoms with van der Waals surface area (Å²) >= 11 is 0. The van der Waals surface area contributed by atoms with E-state index in [2.05, 4.69) is 64.6 Å². The molecule has 6 heteroatoms. The van der Waals surface area contributed by atoms with Crippen LogP contribution < -0.4 is 0 Å². The van der Waals surface area contributed by atoms with Gasteiger partial charge in [0.2, 0.25) is 0 Å². The number of likely N-dealkylation sites (tertiary alicyclic amines) is 1. The highest BCUT2D eigenvalue weighted by Gasteiger charge is 2.50. The summed E-state index contributed by atoms with van der Waals surface area (Å²) in [6.07, 6.45) is 12.0. The van der Waals surface area contributed by atoms with E-state index in [-0.39, 0.29) is 17.5 Å². The Labute approximate surface area is 185 Å². The van der Waals surface area contributed by atoms with Crippen molar-refractivity contribution in [2.24, 2.45) is 12.5 Å². The fourth-order valence-corrected chi connectivity index (χ4v) is 4.77. The van der Waals surface area contributed by atoms with Crippen LogP contribution in [0.2, 0.25) is 0 Å². The molecule has 1 aromatic heterocycles. The van der Waals surface area contributed by atoms with Gasteiger partial charge in [-0.1, -0.05) is 42.5 Å². The first kappa shape index (κ1) is 21.8. The summed E-state index contributed by atoms with van der Waals surface area (Å²) < 4.78 is 7.66. The molecule has 1 spiro atoms. The molecule has 1 atom stereocenters. The normalized spacial score (nSPS) is 21.4. The Morgan fingerprint density at radius 2 is 2.03 bits per heavy atom. The van der Waals surface area contributed by atoms with Crippen LogP contribution in [0.3, 0.4) is 0 Å². The van der Waals surface area contributed by atoms with Gasteiger partial charge in [0.15, 0.2) is 0 Å². The van der Waals surface area contributed by atoms with Crippen LogP contribution in [-0.4, -0.2) is 71.4 Å². The van der Waals surface area contributed by atoms with Crippen LogP contribution in [0.5, 0.6) is 0 Å². The molecule has 0 N–H and O–H groups in total. The van der Waals surface area contributed by atoms with Crippen molar-refractivity contribution in [2.75, 3.05) is 39.8 Å². The number of aromatic nitrogens is 2. The number of aryl methyl sites for hydroxylation is 1. The molecule has 6 nitrogen and oxygen atoms in total. The summed E-state index contributed by atoms with van der Waals surface area (Å²) in [5, 5.41) is 4.23. The molecule has 0 saturated carbocycles. The molecular formula is C25H34N4O2. The van der Waals surface area contributed by atoms with Crippen molar-refractivity contribution >= 4 is 12.0 Å². The molecule has 31 heavy (non-hydrogen) atoms. The number of likely N-dealkylation sites (N-methyl/N-ethyl adjacent to an activating group) is 1. The molecule has 2 aromatic rings. The number of carbonyl (C=O) groups is 1. The van der Waals surface area contributed by atoms with Crippen LogP contribution in [0.25, 0.3) is 6.08 Å². The first-order chi connectivity index (χ1) is 15.0. The van der Waals surface area contributed by atoms with Gasteiger partial charge in [-0.15, -0.1) is 0 Å². The molecule has 4 rings (SSSR count). The summed E-state index contributed by atoms with van der Waals surface area (Å²) in [7, 11) is 4.05. The number of piperidine rings is 1. The maximum Gasteiger partial charge on any atom is 0.312 e. The second kappa shape index (κ2) is 9.79. The van der Waals surface area contributed by atoms with E-state index in [9.17, 15) is 4.79 Å². The van der Waals surface area contributed by atoms with Gasteiger partial charge >= 0.3 is 5.97 Å². The molecule has 2 fully saturated rings. The van der Waals surface area contributed by atoms with Gasteiger partial charge in [-0.3, -0.25) is 14.4 Å². The van der Waals surface area contributed by atoms with Gasteiger partial charge in [-0.25, -0.2) is 0 Å². The van der Waals surface area contributed by atoms with E-state index >= 15 is 0 Å². The molecule has 0 amide bonds. The van der Waals surface area contributed by atoms with E-state index in [4.69, 9.17) is 4.74 Å². The fraction of sp³-hybridized carbons (Fsp3) is 0.520. The van der Waals surface area contributed by atoms with Gasteiger partial charge < -0.3 is 9.64 Å². The lowest BCUT2D eigenvalue weighted by Crippen LogP contribution is -2.42. The van der Waals surface area contributed by atoms with E-state index in [1.807, 2.05) is 24.0 Å². The molecule has 0 aliphatic carbocycles. The summed E-state index contributed by atoms with van der Waals surface area (Å²) in [4.78, 5) is 17.5. The highest BCUT2D eigenvalue weighted by molar-refractivity contribution is 5.79. The molecular weight excluding hydrogens is 388 g/mol. The van der Waals surface area contributed by atoms with Crippen molar-refractivity contribution in [2.45, 2.75) is 31.8 Å². The number of nitrogens with zero attached hydrogens (tertiary/aromatic N) is 4. The molecule has 0 radical (unpaired) electrons. The highest BCUT2D eigenvalue weighted by Crippen LogP contribution is 2.43. The summed E-state index contributed by atoms with van der Waals surface area (Å²) in [6.45, 7) is 4.58. The second-order valence-corrected chi connectivity index (χ2v) is 9.16. The number of hydrogen-bond acceptors (Lipinski definition) is 5. The van der Waals surface area contributed by atoms with E-state index < -0.39 is 0 Å². The van der Waals surface area contributed by atoms with Crippen molar-refractivity contribution in [3.63, 3.8) is 0 Å². The fourth-order valence-electron chi connectivity index (χ4n) is 4.77. The zero-order chi connectivity index (χ0) is 21.7. The number of cyclic esters (lactones) is 1. The van der Waals surface area contributed by atoms with Gasteiger partial charge in [-0.2, -0.15) is 5.10 Å². The summed E-state index contributed by atoms with van der Waals surface area (Å²) in [6, 6.07) is 10.4. The number of hydrogen-bond donors (Lipinski definition) is 0. The maximum atomic E-state index is 12.7. The molecule has 3 heterocycles. The zero-order valence-electron chi connectivity index (χ0n) is 18.7. The van der Waals surface area contributed by atoms with Crippen molar-refractivity contribution in [3.05, 3.63) is 59.9 Å². The predicted molar refractivity (Wildman–Crippen MR) is 122 cm³/mol. The Balaban J connectivity index is 1.21. The number of esters is 1. The average Bonchev–Trinajstić information content (AvgIpc) is 3.31. The van der Waals surface area contributed by atoms with E-state index in [1.54, 1.807) is 0 Å². The minimum atomic E-state index is -0.269. The third-order valence-corrected chi connectivity index (χ3v) is 6.67. The smallest absolute Gasteiger partial charge is 0.312 e. The third-order valence-electron chi connectivity index (χ3n) is 6.67. The third kappa shape index (κ3) is 5.63. The highest BCUT2D eigenvalue weighted by atomic mass is 16.6. The Kier molecular flexibility index (Phi) is 6.88. The lowest BCUT2D eigenvalue weighted by Gasteiger charge is -2.36. The van der Waals surface area contributed by atoms with Crippen molar-refractivity contribution in [3.8, 4) is 0 Å². The largest absolute Gasteiger partial charge is 0.461 e. The molecule has 2 saturated heterocycles. The summed E-state index contributed by atoms with van der Waals surface area (Å²) in [5.41, 5.74) is 2.20. The minimum absolute atomic E-state index is 0.0101. The molecule has 1 aromatic carbocycles. The topological polar surface area (TPSA) is 50.6 Å². The Hall–Kier alpha value is -2.44. The van der Waals surface area contributed by atoms with E-state index in [0.29, 0.717) is 0 Å². The predicted octanol–water partition coefficient (Wildman–Crippen LogP) is 3.01. The zero-order valence-corrected chi connectivity index (χ0v) is 18.7. The van der Waals surface area contributed by atoms with E-state index in [1.165, 1.54) is 11.1 Å². The van der Waals surface area contributed by atoms with Gasteiger partial charge in [-0.05, 0) is 50.5 Å². The summed E-state index contributed by atoms with van der Waals surface area (Å²) in [5.74, 6) is 0.0256. The van der Waals surface area contributed by atoms with Crippen LogP contribution >= 0.6 is 0 Å². The van der Waals surface area contributed by atoms with Crippen molar-refractivity contribution in [1.82, 2.24) is 19.6 Å². The molecule has 2 aliphatic heterocycles. The SMILES string of the molecule is CN(CCc1cnn(C)c1)CC1CC2(CCN(C/C=C/c3ccccc3)CC2)C(=O)O1. The number of benzene rings is 1. The maximum absolute atomic E-state index is 12.7. The Morgan fingerprint density at radius 1 is 1.26 bits per heavy atom. The standard InChI is InChI=1S/C25H34N4O2/c1-27(14-10-22-18-26-28(2)19-22)20-23-17-25(24(30)31-23)11-15-29(16-12-25)13-6-9-21-7-4-3-5-8-21/h3-9,18-19,23H,10-17,20H2,1-2H3/b9-6+. The Morgan fingerprint density at radius 3 is 2.74 bits per heavy atom. The number of rotatable bonds is 8. The Bertz CT molecular complexity index is 884. The van der Waals surface area contributed by atoms with Crippen molar-refractivity contribution < 1.29 is 9.53 Å². The second-order valence-electron chi connectivity index (χ2n) is 9.16. The van der Waals surface area contributed by atoms with E-state index in [0.717, 1.165) is 58.4 Å². The van der Waals surface area contributed by atoms with Gasteiger partial charge in [0.25, 0.3) is 0 Å². The first-order valence-corrected chi connectivity index (χ1v) is 11.3. The van der Waals surface area contributed by atoms with Crippen LogP contribution in [0, 0.1) is 5.41 Å². The molecule has 0 bridgehead atoms. The first-order valence-electron chi connectivity index (χ1n) is 11.3. The lowest BCUT2D eigenvalue weighted by molar-refractivity contribution is -0.151. The number of ether oxygens (including phenoxy) is 1. The lowest BCUT2D eigenvalue weighted by atomic mass is 9.76. The molecule has 166 valence electrons. The van der Waals surface area contributed by atoms with Crippen LogP contribution in [0.4, 0.5) is 0 Å². The monoisotopic (exact) mass is 422 g/mol. The minimum Gasteiger partial charge on any atom is -0.461 e. The van der Waals surface area contributed by atoms with Crippen LogP contribution in [0.15, 0.2) is 48.8 Å². The average molecular weight is 423 g/mol. The van der Waals surface area contributed by atoms with Crippen molar-refractivity contribution in [1.29, 1.82) is 0 Å². The van der Waals surface area contributed by atoms with Crippen LogP contribution in [-0.2, 0) is 23.0 Å². The molecule has 2 aliphatic rings.